The molecule has 78 heavy (non-hydrogen) atoms. The number of hydrogen-bond acceptors (Lipinski definition) is 8. The number of ether oxygens (including phenoxy) is 2. The van der Waals surface area contributed by atoms with Crippen molar-refractivity contribution in [3.05, 3.63) is 60.8 Å². The van der Waals surface area contributed by atoms with Crippen molar-refractivity contribution in [2.24, 2.45) is 0 Å². The Morgan fingerprint density at radius 2 is 0.769 bits per heavy atom. The number of amides is 1. The topological polar surface area (TPSA) is 149 Å². The van der Waals surface area contributed by atoms with Crippen molar-refractivity contribution in [1.82, 2.24) is 5.32 Å². The minimum atomic E-state index is -1.57. The predicted octanol–water partition coefficient (Wildman–Crippen LogP) is 17.8. The molecule has 9 nitrogen and oxygen atoms in total. The van der Waals surface area contributed by atoms with Crippen LogP contribution in [-0.2, 0) is 14.3 Å². The fourth-order valence-corrected chi connectivity index (χ4v) is 10.5. The van der Waals surface area contributed by atoms with Gasteiger partial charge in [0.1, 0.15) is 24.4 Å². The first-order chi connectivity index (χ1) is 38.3. The lowest BCUT2D eigenvalue weighted by Gasteiger charge is -2.40. The van der Waals surface area contributed by atoms with E-state index in [2.05, 4.69) is 67.8 Å². The van der Waals surface area contributed by atoms with E-state index in [4.69, 9.17) is 9.47 Å². The van der Waals surface area contributed by atoms with E-state index in [9.17, 15) is 30.3 Å². The second-order valence-electron chi connectivity index (χ2n) is 23.3. The number of nitrogens with one attached hydrogen (secondary N) is 1. The molecule has 0 saturated carbocycles. The first-order valence-electron chi connectivity index (χ1n) is 33.5. The Hall–Kier alpha value is -2.11. The normalized spacial score (nSPS) is 19.0. The van der Waals surface area contributed by atoms with E-state index in [1.54, 1.807) is 6.08 Å². The van der Waals surface area contributed by atoms with Gasteiger partial charge in [0.25, 0.3) is 0 Å². The Morgan fingerprint density at radius 3 is 1.17 bits per heavy atom. The lowest BCUT2D eigenvalue weighted by Crippen LogP contribution is -2.60. The third kappa shape index (κ3) is 46.5. The first-order valence-corrected chi connectivity index (χ1v) is 33.5. The highest BCUT2D eigenvalue weighted by molar-refractivity contribution is 5.76. The number of aliphatic hydroxyl groups excluding tert-OH is 5. The van der Waals surface area contributed by atoms with E-state index in [0.717, 1.165) is 51.4 Å². The summed E-state index contributed by atoms with van der Waals surface area (Å²) < 4.78 is 11.3. The molecule has 1 heterocycles. The second-order valence-corrected chi connectivity index (χ2v) is 23.3. The molecule has 6 N–H and O–H groups in total. The van der Waals surface area contributed by atoms with Gasteiger partial charge < -0.3 is 40.3 Å². The van der Waals surface area contributed by atoms with Crippen LogP contribution in [-0.4, -0.2) is 87.5 Å². The van der Waals surface area contributed by atoms with E-state index in [-0.39, 0.29) is 12.5 Å². The molecule has 0 aromatic carbocycles. The van der Waals surface area contributed by atoms with E-state index in [0.29, 0.717) is 6.42 Å². The van der Waals surface area contributed by atoms with Crippen LogP contribution in [0.5, 0.6) is 0 Å². The summed E-state index contributed by atoms with van der Waals surface area (Å²) in [6, 6.07) is -0.824. The molecule has 0 aromatic rings. The third-order valence-corrected chi connectivity index (χ3v) is 15.8. The Bertz CT molecular complexity index is 1410. The highest BCUT2D eigenvalue weighted by Crippen LogP contribution is 2.23. The minimum Gasteiger partial charge on any atom is -0.394 e. The van der Waals surface area contributed by atoms with Crippen LogP contribution in [0.25, 0.3) is 0 Å². The van der Waals surface area contributed by atoms with Crippen LogP contribution < -0.4 is 5.32 Å². The highest BCUT2D eigenvalue weighted by atomic mass is 16.7. The van der Waals surface area contributed by atoms with Gasteiger partial charge in [-0.2, -0.15) is 0 Å². The van der Waals surface area contributed by atoms with Crippen LogP contribution in [0, 0.1) is 0 Å². The Morgan fingerprint density at radius 1 is 0.436 bits per heavy atom. The van der Waals surface area contributed by atoms with Crippen LogP contribution in [0.15, 0.2) is 60.8 Å². The zero-order valence-electron chi connectivity index (χ0n) is 50.9. The molecule has 1 rings (SSSR count). The Kier molecular flexibility index (Phi) is 55.0. The van der Waals surface area contributed by atoms with Crippen LogP contribution in [0.4, 0.5) is 0 Å². The zero-order chi connectivity index (χ0) is 56.5. The second kappa shape index (κ2) is 58.1. The van der Waals surface area contributed by atoms with Crippen molar-refractivity contribution in [2.45, 2.75) is 358 Å². The molecular weight excluding hydrogens is 971 g/mol. The van der Waals surface area contributed by atoms with Gasteiger partial charge in [-0.05, 0) is 70.6 Å². The predicted molar refractivity (Wildman–Crippen MR) is 332 cm³/mol. The van der Waals surface area contributed by atoms with Gasteiger partial charge in [-0.25, -0.2) is 0 Å². The van der Waals surface area contributed by atoms with E-state index in [1.807, 2.05) is 6.08 Å². The number of aliphatic hydroxyl groups is 5. The van der Waals surface area contributed by atoms with Gasteiger partial charge in [-0.1, -0.05) is 299 Å². The van der Waals surface area contributed by atoms with Crippen LogP contribution in [0.3, 0.4) is 0 Å². The standard InChI is InChI=1S/C69H127NO8/c1-3-5-7-9-11-13-15-17-19-21-23-25-27-28-29-30-31-32-33-34-35-36-37-39-41-43-45-47-49-51-53-55-57-59-65(73)70-62(61-77-69-68(76)67(75)66(74)64(60-71)78-69)63(72)58-56-54-52-50-48-46-44-42-40-38-26-24-22-20-18-16-14-12-10-8-6-4-2/h15,17,21,23,27-28,48,50,56,58,62-64,66-69,71-72,74-76H,3-14,16,18-20,22,24-26,29-47,49,51-55,57,59-61H2,1-2H3,(H,70,73)/b17-15-,23-21-,28-27-,50-48+,58-56+. The van der Waals surface area contributed by atoms with Crippen molar-refractivity contribution in [2.75, 3.05) is 13.2 Å². The molecular formula is C69H127NO8. The summed E-state index contributed by atoms with van der Waals surface area (Å²) in [4.78, 5) is 13.1. The number of rotatable bonds is 58. The van der Waals surface area contributed by atoms with Crippen molar-refractivity contribution in [3.8, 4) is 0 Å². The molecule has 0 bridgehead atoms. The quantitative estimate of drug-likeness (QED) is 0.0261. The summed E-state index contributed by atoms with van der Waals surface area (Å²) in [7, 11) is 0. The summed E-state index contributed by atoms with van der Waals surface area (Å²) in [6.45, 7) is 3.79. The molecule has 0 radical (unpaired) electrons. The lowest BCUT2D eigenvalue weighted by molar-refractivity contribution is -0.302. The summed E-state index contributed by atoms with van der Waals surface area (Å²) >= 11 is 0. The average Bonchev–Trinajstić information content (AvgIpc) is 3.45. The number of hydrogen-bond donors (Lipinski definition) is 6. The SMILES string of the molecule is CCCCCCC/C=C\C/C=C\C/C=C\CCCCCCCCCCCCCCCCCCCCC(=O)NC(COC1OC(CO)C(O)C(O)C1O)C(O)/C=C/CC/C=C/CCCCCCCCCCCCCCCCCC. The molecule has 7 atom stereocenters. The van der Waals surface area contributed by atoms with Gasteiger partial charge in [0.2, 0.25) is 5.91 Å². The molecule has 0 aliphatic carbocycles. The maximum Gasteiger partial charge on any atom is 0.220 e. The summed E-state index contributed by atoms with van der Waals surface area (Å²) in [5.41, 5.74) is 0. The van der Waals surface area contributed by atoms with E-state index >= 15 is 0 Å². The van der Waals surface area contributed by atoms with Gasteiger partial charge in [0, 0.05) is 6.42 Å². The number of unbranched alkanes of at least 4 members (excludes halogenated alkanes) is 40. The smallest absolute Gasteiger partial charge is 0.220 e. The van der Waals surface area contributed by atoms with Gasteiger partial charge in [0.05, 0.1) is 25.4 Å². The Balaban J connectivity index is 2.15. The minimum absolute atomic E-state index is 0.183. The summed E-state index contributed by atoms with van der Waals surface area (Å²) in [5, 5.41) is 54.7. The molecule has 456 valence electrons. The first kappa shape index (κ1) is 73.9. The van der Waals surface area contributed by atoms with Crippen LogP contribution in [0.2, 0.25) is 0 Å². The van der Waals surface area contributed by atoms with Crippen molar-refractivity contribution >= 4 is 5.91 Å². The van der Waals surface area contributed by atoms with Gasteiger partial charge in [-0.3, -0.25) is 4.79 Å². The molecule has 1 fully saturated rings. The van der Waals surface area contributed by atoms with Crippen molar-refractivity contribution < 1.29 is 39.8 Å². The average molecular weight is 1100 g/mol. The summed E-state index contributed by atoms with van der Waals surface area (Å²) in [5.74, 6) is -0.183. The van der Waals surface area contributed by atoms with Crippen LogP contribution >= 0.6 is 0 Å². The monoisotopic (exact) mass is 1100 g/mol. The fourth-order valence-electron chi connectivity index (χ4n) is 10.5. The van der Waals surface area contributed by atoms with Crippen LogP contribution in [0.1, 0.15) is 316 Å². The molecule has 0 spiro atoms. The molecule has 1 aliphatic rings. The summed E-state index contributed by atoms with van der Waals surface area (Å²) in [6.07, 6.45) is 73.2. The number of carbonyl (C=O) groups excluding carboxylic acids is 1. The van der Waals surface area contributed by atoms with Gasteiger partial charge in [-0.15, -0.1) is 0 Å². The van der Waals surface area contributed by atoms with Crippen molar-refractivity contribution in [3.63, 3.8) is 0 Å². The molecule has 9 heteroatoms. The van der Waals surface area contributed by atoms with Gasteiger partial charge in [0.15, 0.2) is 6.29 Å². The molecule has 1 amide bonds. The number of allylic oxidation sites excluding steroid dienone is 9. The zero-order valence-corrected chi connectivity index (χ0v) is 50.9. The maximum absolute atomic E-state index is 13.1. The molecule has 7 unspecified atom stereocenters. The maximum atomic E-state index is 13.1. The highest BCUT2D eigenvalue weighted by Gasteiger charge is 2.44. The lowest BCUT2D eigenvalue weighted by atomic mass is 9.99. The van der Waals surface area contributed by atoms with E-state index < -0.39 is 49.5 Å². The largest absolute Gasteiger partial charge is 0.394 e. The Labute approximate surface area is 481 Å². The van der Waals surface area contributed by atoms with Gasteiger partial charge >= 0.3 is 0 Å². The molecule has 1 saturated heterocycles. The van der Waals surface area contributed by atoms with E-state index in [1.165, 1.54) is 244 Å². The molecule has 1 aliphatic heterocycles. The third-order valence-electron chi connectivity index (χ3n) is 15.8. The number of carbonyl (C=O) groups is 1. The van der Waals surface area contributed by atoms with Crippen molar-refractivity contribution in [1.29, 1.82) is 0 Å². The molecule has 0 aromatic heterocycles. The fraction of sp³-hybridized carbons (Fsp3) is 0.841.